The predicted octanol–water partition coefficient (Wildman–Crippen LogP) is 2.44. The minimum atomic E-state index is -0.0726. The third-order valence-corrected chi connectivity index (χ3v) is 4.56. The first-order chi connectivity index (χ1) is 12.0. The molecule has 0 radical (unpaired) electrons. The number of hydrogen-bond donors (Lipinski definition) is 2. The zero-order chi connectivity index (χ0) is 18.0. The molecule has 1 aromatic heterocycles. The molecule has 2 amide bonds. The van der Waals surface area contributed by atoms with Crippen LogP contribution in [-0.4, -0.2) is 57.9 Å². The maximum Gasteiger partial charge on any atom is 0.255 e. The van der Waals surface area contributed by atoms with Gasteiger partial charge in [0.15, 0.2) is 0 Å². The summed E-state index contributed by atoms with van der Waals surface area (Å²) in [5.41, 5.74) is 2.21. The lowest BCUT2D eigenvalue weighted by atomic mass is 10.0. The lowest BCUT2D eigenvalue weighted by Crippen LogP contribution is -2.50. The highest BCUT2D eigenvalue weighted by molar-refractivity contribution is 5.96. The minimum Gasteiger partial charge on any atom is -0.508 e. The molecule has 0 saturated carbocycles. The van der Waals surface area contributed by atoms with Crippen LogP contribution < -0.4 is 0 Å². The number of carbonyl (C=O) groups excluding carboxylic acids is 2. The van der Waals surface area contributed by atoms with Crippen molar-refractivity contribution in [1.29, 1.82) is 0 Å². The molecule has 2 heterocycles. The van der Waals surface area contributed by atoms with Gasteiger partial charge >= 0.3 is 0 Å². The number of piperazine rings is 1. The minimum absolute atomic E-state index is 0.0154. The summed E-state index contributed by atoms with van der Waals surface area (Å²) in [6.07, 6.45) is 1.80. The first-order valence-corrected chi connectivity index (χ1v) is 8.52. The van der Waals surface area contributed by atoms with Gasteiger partial charge in [0.05, 0.1) is 5.56 Å². The van der Waals surface area contributed by atoms with Crippen LogP contribution in [0.3, 0.4) is 0 Å². The van der Waals surface area contributed by atoms with E-state index >= 15 is 0 Å². The molecule has 1 aliphatic rings. The van der Waals surface area contributed by atoms with E-state index in [0.717, 1.165) is 5.69 Å². The Labute approximate surface area is 147 Å². The molecule has 0 spiro atoms. The molecule has 1 fully saturated rings. The van der Waals surface area contributed by atoms with Crippen molar-refractivity contribution >= 4 is 11.8 Å². The Morgan fingerprint density at radius 2 is 1.52 bits per heavy atom. The molecule has 0 bridgehead atoms. The van der Waals surface area contributed by atoms with Crippen LogP contribution in [0.5, 0.6) is 5.75 Å². The van der Waals surface area contributed by atoms with E-state index in [1.807, 2.05) is 6.07 Å². The standard InChI is InChI=1S/C19H23N3O3/c1-13(2)17-16(7-8-20-17)19(25)22-11-9-21(10-12-22)18(24)14-3-5-15(23)6-4-14/h3-8,13,20,23H,9-12H2,1-2H3. The molecule has 1 aliphatic heterocycles. The highest BCUT2D eigenvalue weighted by Gasteiger charge is 2.27. The van der Waals surface area contributed by atoms with Crippen LogP contribution in [0, 0.1) is 0 Å². The topological polar surface area (TPSA) is 76.6 Å². The van der Waals surface area contributed by atoms with Crippen LogP contribution >= 0.6 is 0 Å². The number of H-pyrrole nitrogens is 1. The van der Waals surface area contributed by atoms with E-state index in [-0.39, 0.29) is 23.5 Å². The second-order valence-corrected chi connectivity index (χ2v) is 6.59. The van der Waals surface area contributed by atoms with Crippen LogP contribution in [0.4, 0.5) is 0 Å². The second kappa shape index (κ2) is 7.01. The van der Waals surface area contributed by atoms with Gasteiger partial charge in [-0.05, 0) is 36.2 Å². The maximum absolute atomic E-state index is 12.7. The normalized spacial score (nSPS) is 14.8. The van der Waals surface area contributed by atoms with Crippen LogP contribution in [0.25, 0.3) is 0 Å². The Bertz CT molecular complexity index is 756. The molecule has 132 valence electrons. The molecule has 1 saturated heterocycles. The van der Waals surface area contributed by atoms with Gasteiger partial charge in [-0.15, -0.1) is 0 Å². The second-order valence-electron chi connectivity index (χ2n) is 6.59. The Hall–Kier alpha value is -2.76. The van der Waals surface area contributed by atoms with Crippen LogP contribution in [-0.2, 0) is 0 Å². The molecular weight excluding hydrogens is 318 g/mol. The highest BCUT2D eigenvalue weighted by Crippen LogP contribution is 2.20. The predicted molar refractivity (Wildman–Crippen MR) is 94.8 cm³/mol. The van der Waals surface area contributed by atoms with Gasteiger partial charge in [0.25, 0.3) is 11.8 Å². The van der Waals surface area contributed by atoms with Crippen LogP contribution in [0.2, 0.25) is 0 Å². The molecule has 6 nitrogen and oxygen atoms in total. The highest BCUT2D eigenvalue weighted by atomic mass is 16.3. The zero-order valence-corrected chi connectivity index (χ0v) is 14.5. The molecular formula is C19H23N3O3. The Kier molecular flexibility index (Phi) is 4.79. The first kappa shape index (κ1) is 17.1. The summed E-state index contributed by atoms with van der Waals surface area (Å²) in [5, 5.41) is 9.32. The number of nitrogens with one attached hydrogen (secondary N) is 1. The zero-order valence-electron chi connectivity index (χ0n) is 14.5. The van der Waals surface area contributed by atoms with Gasteiger partial charge in [0, 0.05) is 43.6 Å². The number of nitrogens with zero attached hydrogens (tertiary/aromatic N) is 2. The van der Waals surface area contributed by atoms with Crippen LogP contribution in [0.1, 0.15) is 46.2 Å². The average molecular weight is 341 g/mol. The molecule has 2 aromatic rings. The smallest absolute Gasteiger partial charge is 0.255 e. The Morgan fingerprint density at radius 3 is 2.08 bits per heavy atom. The number of aromatic nitrogens is 1. The van der Waals surface area contributed by atoms with Gasteiger partial charge in [0.2, 0.25) is 0 Å². The number of hydrogen-bond acceptors (Lipinski definition) is 3. The number of phenols is 1. The summed E-state index contributed by atoms with van der Waals surface area (Å²) in [6, 6.07) is 8.07. The average Bonchev–Trinajstić information content (AvgIpc) is 3.11. The third-order valence-electron chi connectivity index (χ3n) is 4.56. The van der Waals surface area contributed by atoms with E-state index < -0.39 is 0 Å². The lowest BCUT2D eigenvalue weighted by Gasteiger charge is -2.35. The van der Waals surface area contributed by atoms with Crippen molar-refractivity contribution in [2.24, 2.45) is 0 Å². The van der Waals surface area contributed by atoms with E-state index in [2.05, 4.69) is 18.8 Å². The molecule has 2 N–H and O–H groups in total. The SMILES string of the molecule is CC(C)c1[nH]ccc1C(=O)N1CCN(C(=O)c2ccc(O)cc2)CC1. The summed E-state index contributed by atoms with van der Waals surface area (Å²) in [4.78, 5) is 31.9. The molecule has 1 aromatic carbocycles. The van der Waals surface area contributed by atoms with Crippen molar-refractivity contribution in [3.8, 4) is 5.75 Å². The number of aromatic amines is 1. The van der Waals surface area contributed by atoms with Gasteiger partial charge in [-0.3, -0.25) is 9.59 Å². The van der Waals surface area contributed by atoms with E-state index in [9.17, 15) is 14.7 Å². The van der Waals surface area contributed by atoms with E-state index in [4.69, 9.17) is 0 Å². The third kappa shape index (κ3) is 3.52. The Balaban J connectivity index is 1.63. The van der Waals surface area contributed by atoms with E-state index in [0.29, 0.717) is 37.3 Å². The lowest BCUT2D eigenvalue weighted by molar-refractivity contribution is 0.0534. The van der Waals surface area contributed by atoms with Crippen molar-refractivity contribution in [2.45, 2.75) is 19.8 Å². The van der Waals surface area contributed by atoms with Crippen LogP contribution in [0.15, 0.2) is 36.5 Å². The monoisotopic (exact) mass is 341 g/mol. The summed E-state index contributed by atoms with van der Waals surface area (Å²) in [7, 11) is 0. The number of rotatable bonds is 3. The molecule has 0 atom stereocenters. The van der Waals surface area contributed by atoms with Crippen molar-refractivity contribution in [3.05, 3.63) is 53.3 Å². The van der Waals surface area contributed by atoms with E-state index in [1.54, 1.807) is 28.1 Å². The fourth-order valence-corrected chi connectivity index (χ4v) is 3.12. The summed E-state index contributed by atoms with van der Waals surface area (Å²) >= 11 is 0. The number of carbonyl (C=O) groups is 2. The van der Waals surface area contributed by atoms with Gasteiger partial charge in [-0.2, -0.15) is 0 Å². The molecule has 0 unspecified atom stereocenters. The first-order valence-electron chi connectivity index (χ1n) is 8.52. The van der Waals surface area contributed by atoms with Crippen molar-refractivity contribution in [1.82, 2.24) is 14.8 Å². The summed E-state index contributed by atoms with van der Waals surface area (Å²) in [6.45, 7) is 6.16. The maximum atomic E-state index is 12.7. The summed E-state index contributed by atoms with van der Waals surface area (Å²) < 4.78 is 0. The van der Waals surface area contributed by atoms with Crippen molar-refractivity contribution < 1.29 is 14.7 Å². The van der Waals surface area contributed by atoms with Gasteiger partial charge in [0.1, 0.15) is 5.75 Å². The molecule has 0 aliphatic carbocycles. The van der Waals surface area contributed by atoms with Gasteiger partial charge < -0.3 is 19.9 Å². The fraction of sp³-hybridized carbons (Fsp3) is 0.368. The largest absolute Gasteiger partial charge is 0.508 e. The van der Waals surface area contributed by atoms with Gasteiger partial charge in [-0.1, -0.05) is 13.8 Å². The Morgan fingerprint density at radius 1 is 0.960 bits per heavy atom. The number of benzene rings is 1. The van der Waals surface area contributed by atoms with Gasteiger partial charge in [-0.25, -0.2) is 0 Å². The molecule has 6 heteroatoms. The van der Waals surface area contributed by atoms with Crippen molar-refractivity contribution in [2.75, 3.05) is 26.2 Å². The van der Waals surface area contributed by atoms with Crippen molar-refractivity contribution in [3.63, 3.8) is 0 Å². The number of aromatic hydroxyl groups is 1. The fourth-order valence-electron chi connectivity index (χ4n) is 3.12. The quantitative estimate of drug-likeness (QED) is 0.900. The molecule has 3 rings (SSSR count). The number of phenolic OH excluding ortho intramolecular Hbond substituents is 1. The number of amides is 2. The van der Waals surface area contributed by atoms with E-state index in [1.165, 1.54) is 12.1 Å². The summed E-state index contributed by atoms with van der Waals surface area (Å²) in [5.74, 6) is 0.337. The molecule has 25 heavy (non-hydrogen) atoms.